The van der Waals surface area contributed by atoms with Crippen LogP contribution >= 0.6 is 0 Å². The summed E-state index contributed by atoms with van der Waals surface area (Å²) in [6.45, 7) is 5.17. The molecule has 0 fully saturated rings. The first-order valence-electron chi connectivity index (χ1n) is 5.07. The molecular weight excluding hydrogens is 196 g/mol. The Balaban J connectivity index is 4.79. The first-order valence-corrected chi connectivity index (χ1v) is 6.59. The molecule has 86 valence electrons. The van der Waals surface area contributed by atoms with Crippen LogP contribution in [0.1, 0.15) is 20.3 Å². The molecule has 1 unspecified atom stereocenters. The van der Waals surface area contributed by atoms with E-state index in [-0.39, 0.29) is 5.29 Å². The second-order valence-electron chi connectivity index (χ2n) is 3.51. The second-order valence-corrected chi connectivity index (χ2v) is 6.07. The summed E-state index contributed by atoms with van der Waals surface area (Å²) < 4.78 is 11.0. The van der Waals surface area contributed by atoms with Gasteiger partial charge in [0.2, 0.25) is 0 Å². The molecule has 0 aromatic heterocycles. The topological polar surface area (TPSA) is 33.7 Å². The molecular formula is C9H24N2O2Si. The van der Waals surface area contributed by atoms with Crippen LogP contribution in [0, 0.1) is 0 Å². The van der Waals surface area contributed by atoms with Crippen molar-refractivity contribution < 1.29 is 8.85 Å². The lowest BCUT2D eigenvalue weighted by molar-refractivity contribution is 0.118. The Bertz CT molecular complexity index is 154. The fourth-order valence-electron chi connectivity index (χ4n) is 1.85. The van der Waals surface area contributed by atoms with Crippen LogP contribution < -0.4 is 5.32 Å². The third-order valence-corrected chi connectivity index (χ3v) is 5.40. The third kappa shape index (κ3) is 2.77. The van der Waals surface area contributed by atoms with Crippen molar-refractivity contribution >= 4 is 9.28 Å². The molecule has 0 aliphatic rings. The van der Waals surface area contributed by atoms with E-state index in [0.717, 1.165) is 13.0 Å². The van der Waals surface area contributed by atoms with Crippen molar-refractivity contribution in [3.05, 3.63) is 0 Å². The minimum absolute atomic E-state index is 0.113. The van der Waals surface area contributed by atoms with Crippen molar-refractivity contribution in [1.82, 2.24) is 10.2 Å². The average Bonchev–Trinajstić information content (AvgIpc) is 2.17. The Morgan fingerprint density at radius 1 is 1.21 bits per heavy atom. The predicted octanol–water partition coefficient (Wildman–Crippen LogP) is 0.316. The summed E-state index contributed by atoms with van der Waals surface area (Å²) in [5.41, 5.74) is 0. The predicted molar refractivity (Wildman–Crippen MR) is 61.6 cm³/mol. The van der Waals surface area contributed by atoms with Crippen molar-refractivity contribution in [1.29, 1.82) is 0 Å². The van der Waals surface area contributed by atoms with Gasteiger partial charge in [0, 0.05) is 14.2 Å². The first kappa shape index (κ1) is 14.1. The monoisotopic (exact) mass is 220 g/mol. The van der Waals surface area contributed by atoms with Gasteiger partial charge in [-0.15, -0.1) is 0 Å². The molecule has 0 spiro atoms. The van der Waals surface area contributed by atoms with Gasteiger partial charge in [-0.3, -0.25) is 10.2 Å². The van der Waals surface area contributed by atoms with Gasteiger partial charge in [0.15, 0.2) is 0 Å². The SMILES string of the molecule is CCNC(CC)(N(C)C)[SiH](OC)OC. The number of hydrogen-bond acceptors (Lipinski definition) is 4. The van der Waals surface area contributed by atoms with Crippen LogP contribution in [0.3, 0.4) is 0 Å². The van der Waals surface area contributed by atoms with Crippen LogP contribution in [-0.2, 0) is 8.85 Å². The van der Waals surface area contributed by atoms with Gasteiger partial charge >= 0.3 is 9.28 Å². The van der Waals surface area contributed by atoms with Crippen LogP contribution in [0.2, 0.25) is 0 Å². The van der Waals surface area contributed by atoms with E-state index >= 15 is 0 Å². The Morgan fingerprint density at radius 2 is 1.71 bits per heavy atom. The van der Waals surface area contributed by atoms with Gasteiger partial charge in [0.25, 0.3) is 0 Å². The number of nitrogens with zero attached hydrogens (tertiary/aromatic N) is 1. The van der Waals surface area contributed by atoms with Crippen molar-refractivity contribution in [2.24, 2.45) is 0 Å². The summed E-state index contributed by atoms with van der Waals surface area (Å²) >= 11 is 0. The minimum atomic E-state index is -1.70. The van der Waals surface area contributed by atoms with E-state index in [1.54, 1.807) is 14.2 Å². The molecule has 0 rings (SSSR count). The first-order chi connectivity index (χ1) is 6.58. The lowest BCUT2D eigenvalue weighted by Crippen LogP contribution is -2.67. The van der Waals surface area contributed by atoms with Gasteiger partial charge in [-0.1, -0.05) is 13.8 Å². The van der Waals surface area contributed by atoms with Gasteiger partial charge in [-0.2, -0.15) is 0 Å². The molecule has 0 heterocycles. The molecule has 5 heteroatoms. The highest BCUT2D eigenvalue weighted by atomic mass is 28.3. The molecule has 14 heavy (non-hydrogen) atoms. The van der Waals surface area contributed by atoms with Crippen LogP contribution in [0.4, 0.5) is 0 Å². The van der Waals surface area contributed by atoms with Crippen LogP contribution in [-0.4, -0.2) is 54.3 Å². The van der Waals surface area contributed by atoms with E-state index in [9.17, 15) is 0 Å². The molecule has 1 atom stereocenters. The molecule has 4 nitrogen and oxygen atoms in total. The van der Waals surface area contributed by atoms with Crippen molar-refractivity contribution in [3.63, 3.8) is 0 Å². The molecule has 0 saturated carbocycles. The Morgan fingerprint density at radius 3 is 1.93 bits per heavy atom. The molecule has 0 aromatic carbocycles. The highest BCUT2D eigenvalue weighted by molar-refractivity contribution is 6.48. The normalized spacial score (nSPS) is 16.3. The van der Waals surface area contributed by atoms with E-state index in [2.05, 4.69) is 38.2 Å². The number of nitrogens with one attached hydrogen (secondary N) is 1. The van der Waals surface area contributed by atoms with E-state index in [0.29, 0.717) is 0 Å². The van der Waals surface area contributed by atoms with Gasteiger partial charge in [0.1, 0.15) is 5.29 Å². The zero-order chi connectivity index (χ0) is 11.2. The summed E-state index contributed by atoms with van der Waals surface area (Å²) in [4.78, 5) is 2.17. The largest absolute Gasteiger partial charge is 0.398 e. The second kappa shape index (κ2) is 6.52. The Hall–Kier alpha value is 0.0569. The van der Waals surface area contributed by atoms with E-state index < -0.39 is 9.28 Å². The molecule has 0 bridgehead atoms. The van der Waals surface area contributed by atoms with Crippen LogP contribution in [0.5, 0.6) is 0 Å². The zero-order valence-electron chi connectivity index (χ0n) is 10.3. The van der Waals surface area contributed by atoms with Crippen LogP contribution in [0.15, 0.2) is 0 Å². The summed E-state index contributed by atoms with van der Waals surface area (Å²) in [5.74, 6) is 0. The highest BCUT2D eigenvalue weighted by Gasteiger charge is 2.42. The summed E-state index contributed by atoms with van der Waals surface area (Å²) in [6, 6.07) is 0. The molecule has 0 aliphatic carbocycles. The van der Waals surface area contributed by atoms with Crippen molar-refractivity contribution in [3.8, 4) is 0 Å². The fraction of sp³-hybridized carbons (Fsp3) is 1.00. The maximum Gasteiger partial charge on any atom is 0.357 e. The van der Waals surface area contributed by atoms with E-state index in [1.165, 1.54) is 0 Å². The Labute approximate surface area is 89.4 Å². The molecule has 0 saturated heterocycles. The standard InChI is InChI=1S/C9H24N2O2Si/c1-7-9(10-8-2,11(3)4)14(12-5)13-6/h10,14H,7-8H2,1-6H3. The number of rotatable bonds is 7. The fourth-order valence-corrected chi connectivity index (χ4v) is 3.95. The maximum absolute atomic E-state index is 5.48. The van der Waals surface area contributed by atoms with E-state index in [1.807, 2.05) is 0 Å². The molecule has 0 aromatic rings. The smallest absolute Gasteiger partial charge is 0.357 e. The lowest BCUT2D eigenvalue weighted by atomic mass is 10.3. The lowest BCUT2D eigenvalue weighted by Gasteiger charge is -2.42. The van der Waals surface area contributed by atoms with Gasteiger partial charge in [-0.25, -0.2) is 0 Å². The van der Waals surface area contributed by atoms with Crippen molar-refractivity contribution in [2.45, 2.75) is 25.6 Å². The zero-order valence-corrected chi connectivity index (χ0v) is 11.4. The quantitative estimate of drug-likeness (QED) is 0.495. The maximum atomic E-state index is 5.48. The van der Waals surface area contributed by atoms with Crippen molar-refractivity contribution in [2.75, 3.05) is 34.9 Å². The van der Waals surface area contributed by atoms with Gasteiger partial charge in [0.05, 0.1) is 0 Å². The van der Waals surface area contributed by atoms with Crippen LogP contribution in [0.25, 0.3) is 0 Å². The van der Waals surface area contributed by atoms with Gasteiger partial charge < -0.3 is 8.85 Å². The summed E-state index contributed by atoms with van der Waals surface area (Å²) in [7, 11) is 5.87. The molecule has 0 amide bonds. The minimum Gasteiger partial charge on any atom is -0.398 e. The van der Waals surface area contributed by atoms with E-state index in [4.69, 9.17) is 8.85 Å². The average molecular weight is 220 g/mol. The highest BCUT2D eigenvalue weighted by Crippen LogP contribution is 2.18. The molecule has 1 N–H and O–H groups in total. The summed E-state index contributed by atoms with van der Waals surface area (Å²) in [5, 5.41) is 3.37. The number of hydrogen-bond donors (Lipinski definition) is 1. The Kier molecular flexibility index (Phi) is 6.55. The van der Waals surface area contributed by atoms with Gasteiger partial charge in [-0.05, 0) is 27.1 Å². The summed E-state index contributed by atoms with van der Waals surface area (Å²) in [6.07, 6.45) is 0.979. The third-order valence-electron chi connectivity index (χ3n) is 2.64. The molecule has 0 radical (unpaired) electrons. The molecule has 0 aliphatic heterocycles.